The number of fused-ring (bicyclic) bond motifs is 1. The van der Waals surface area contributed by atoms with E-state index >= 15 is 0 Å². The third-order valence-corrected chi connectivity index (χ3v) is 5.52. The van der Waals surface area contributed by atoms with Crippen LogP contribution in [0.15, 0.2) is 71.8 Å². The topological polar surface area (TPSA) is 142 Å². The van der Waals surface area contributed by atoms with Crippen molar-refractivity contribution in [2.24, 2.45) is 12.8 Å². The molecule has 0 aliphatic carbocycles. The van der Waals surface area contributed by atoms with Crippen molar-refractivity contribution >= 4 is 23.0 Å². The lowest BCUT2D eigenvalue weighted by Crippen LogP contribution is -2.21. The molecular formula is C24H20N8O3. The summed E-state index contributed by atoms with van der Waals surface area (Å²) in [6.07, 6.45) is 3.13. The first kappa shape index (κ1) is 21.8. The number of amides is 2. The van der Waals surface area contributed by atoms with Gasteiger partial charge in [0.2, 0.25) is 5.91 Å². The van der Waals surface area contributed by atoms with Crippen LogP contribution in [0, 0.1) is 6.92 Å². The number of nitrogens with zero attached hydrogens (tertiary/aromatic N) is 6. The summed E-state index contributed by atoms with van der Waals surface area (Å²) in [4.78, 5) is 40.9. The second-order valence-corrected chi connectivity index (χ2v) is 7.87. The predicted octanol–water partition coefficient (Wildman–Crippen LogP) is 1.94. The Morgan fingerprint density at radius 2 is 1.80 bits per heavy atom. The number of nitrogens with two attached hydrogens (primary N) is 1. The molecular weight excluding hydrogens is 448 g/mol. The van der Waals surface area contributed by atoms with Crippen LogP contribution in [0.4, 0.5) is 5.69 Å². The molecule has 5 rings (SSSR count). The fourth-order valence-electron chi connectivity index (χ4n) is 3.84. The second-order valence-electron chi connectivity index (χ2n) is 7.87. The predicted molar refractivity (Wildman–Crippen MR) is 128 cm³/mol. The quantitative estimate of drug-likeness (QED) is 0.404. The Morgan fingerprint density at radius 3 is 2.49 bits per heavy atom. The van der Waals surface area contributed by atoms with Crippen LogP contribution < -0.4 is 16.7 Å². The molecule has 2 aromatic carbocycles. The molecule has 0 unspecified atom stereocenters. The molecule has 0 saturated carbocycles. The molecule has 0 saturated heterocycles. The first-order valence-corrected chi connectivity index (χ1v) is 10.6. The number of aromatic nitrogens is 6. The maximum Gasteiger partial charge on any atom is 0.350 e. The first-order valence-electron chi connectivity index (χ1n) is 10.6. The minimum atomic E-state index is -0.587. The van der Waals surface area contributed by atoms with Gasteiger partial charge in [0.05, 0.1) is 16.9 Å². The smallest absolute Gasteiger partial charge is 0.350 e. The van der Waals surface area contributed by atoms with Crippen LogP contribution in [0.1, 0.15) is 26.7 Å². The van der Waals surface area contributed by atoms with Crippen molar-refractivity contribution < 1.29 is 9.59 Å². The first-order chi connectivity index (χ1) is 16.8. The largest absolute Gasteiger partial charge is 0.366 e. The summed E-state index contributed by atoms with van der Waals surface area (Å²) in [5, 5.41) is 11.5. The molecule has 11 nitrogen and oxygen atoms in total. The molecule has 11 heteroatoms. The molecule has 0 aliphatic rings. The minimum absolute atomic E-state index is 0.171. The van der Waals surface area contributed by atoms with Crippen LogP contribution in [0.5, 0.6) is 0 Å². The molecule has 3 aromatic heterocycles. The Balaban J connectivity index is 1.46. The number of primary amides is 1. The van der Waals surface area contributed by atoms with Gasteiger partial charge in [-0.25, -0.2) is 23.5 Å². The third-order valence-electron chi connectivity index (χ3n) is 5.52. The molecule has 0 bridgehead atoms. The van der Waals surface area contributed by atoms with Gasteiger partial charge in [0, 0.05) is 36.3 Å². The van der Waals surface area contributed by atoms with Crippen molar-refractivity contribution in [2.75, 3.05) is 5.32 Å². The van der Waals surface area contributed by atoms with Gasteiger partial charge in [0.1, 0.15) is 5.82 Å². The van der Waals surface area contributed by atoms with E-state index in [0.29, 0.717) is 28.4 Å². The molecule has 0 atom stereocenters. The van der Waals surface area contributed by atoms with E-state index in [0.717, 1.165) is 5.56 Å². The third kappa shape index (κ3) is 3.95. The van der Waals surface area contributed by atoms with Gasteiger partial charge in [-0.15, -0.1) is 0 Å². The van der Waals surface area contributed by atoms with Crippen LogP contribution in [0.3, 0.4) is 0 Å². The summed E-state index contributed by atoms with van der Waals surface area (Å²) < 4.78 is 4.38. The molecule has 2 amide bonds. The number of hydrogen-bond acceptors (Lipinski definition) is 6. The maximum atomic E-state index is 13.0. The zero-order valence-electron chi connectivity index (χ0n) is 18.8. The maximum absolute atomic E-state index is 13.0. The lowest BCUT2D eigenvalue weighted by Gasteiger charge is -2.06. The van der Waals surface area contributed by atoms with Crippen LogP contribution >= 0.6 is 0 Å². The van der Waals surface area contributed by atoms with Crippen LogP contribution in [0.2, 0.25) is 0 Å². The van der Waals surface area contributed by atoms with Crippen molar-refractivity contribution in [3.05, 3.63) is 94.6 Å². The monoisotopic (exact) mass is 468 g/mol. The summed E-state index contributed by atoms with van der Waals surface area (Å²) >= 11 is 0. The number of benzene rings is 2. The van der Waals surface area contributed by atoms with Crippen LogP contribution in [-0.4, -0.2) is 40.8 Å². The highest BCUT2D eigenvalue weighted by atomic mass is 16.2. The SMILES string of the molecule is Cc1nn(C)c(=O)n1-c1ccc(-c2cc3c(C(=O)Nc4cccc(C(N)=O)c4)nccn3n2)cc1. The normalized spacial score (nSPS) is 11.0. The van der Waals surface area contributed by atoms with Crippen molar-refractivity contribution in [1.82, 2.24) is 28.9 Å². The number of rotatable bonds is 5. The lowest BCUT2D eigenvalue weighted by molar-refractivity contribution is 0.0995. The zero-order valence-corrected chi connectivity index (χ0v) is 18.8. The Kier molecular flexibility index (Phi) is 5.21. The van der Waals surface area contributed by atoms with E-state index in [1.807, 2.05) is 24.3 Å². The fraction of sp³-hybridized carbons (Fsp3) is 0.0833. The molecule has 0 fully saturated rings. The summed E-state index contributed by atoms with van der Waals surface area (Å²) in [6, 6.07) is 15.4. The standard InChI is InChI=1S/C24H20N8O3/c1-14-28-30(2)24(35)32(14)18-8-6-15(7-9-18)19-13-20-21(26-10-11-31(20)29-19)23(34)27-17-5-3-4-16(12-17)22(25)33/h3-13H,1-2H3,(H2,25,33)(H,27,34). The summed E-state index contributed by atoms with van der Waals surface area (Å²) in [5.41, 5.74) is 8.59. The molecule has 35 heavy (non-hydrogen) atoms. The Bertz CT molecular complexity index is 1660. The average Bonchev–Trinajstić information content (AvgIpc) is 3.39. The van der Waals surface area contributed by atoms with Crippen molar-refractivity contribution in [3.8, 4) is 16.9 Å². The van der Waals surface area contributed by atoms with Crippen molar-refractivity contribution in [2.45, 2.75) is 6.92 Å². The number of anilines is 1. The molecule has 3 heterocycles. The number of aryl methyl sites for hydroxylation is 2. The molecule has 3 N–H and O–H groups in total. The van der Waals surface area contributed by atoms with E-state index in [1.54, 1.807) is 48.9 Å². The van der Waals surface area contributed by atoms with Crippen molar-refractivity contribution in [3.63, 3.8) is 0 Å². The lowest BCUT2D eigenvalue weighted by atomic mass is 10.1. The minimum Gasteiger partial charge on any atom is -0.366 e. The van der Waals surface area contributed by atoms with E-state index in [1.165, 1.54) is 21.5 Å². The van der Waals surface area contributed by atoms with E-state index in [-0.39, 0.29) is 16.9 Å². The molecule has 174 valence electrons. The summed E-state index contributed by atoms with van der Waals surface area (Å²) in [7, 11) is 1.60. The zero-order chi connectivity index (χ0) is 24.7. The molecule has 0 spiro atoms. The fourth-order valence-corrected chi connectivity index (χ4v) is 3.84. The average molecular weight is 468 g/mol. The van der Waals surface area contributed by atoms with Gasteiger partial charge < -0.3 is 11.1 Å². The number of hydrogen-bond donors (Lipinski definition) is 2. The van der Waals surface area contributed by atoms with E-state index in [4.69, 9.17) is 5.73 Å². The molecule has 5 aromatic rings. The molecule has 0 radical (unpaired) electrons. The highest BCUT2D eigenvalue weighted by molar-refractivity contribution is 6.08. The van der Waals surface area contributed by atoms with Gasteiger partial charge in [0.15, 0.2) is 5.69 Å². The van der Waals surface area contributed by atoms with Gasteiger partial charge in [-0.2, -0.15) is 10.2 Å². The Hall–Kier alpha value is -5.06. The van der Waals surface area contributed by atoms with Gasteiger partial charge in [-0.3, -0.25) is 9.59 Å². The van der Waals surface area contributed by atoms with Crippen molar-refractivity contribution in [1.29, 1.82) is 0 Å². The van der Waals surface area contributed by atoms with E-state index in [2.05, 4.69) is 20.5 Å². The Labute approximate surface area is 198 Å². The summed E-state index contributed by atoms with van der Waals surface area (Å²) in [6.45, 7) is 1.77. The van der Waals surface area contributed by atoms with Crippen LogP contribution in [0.25, 0.3) is 22.5 Å². The number of nitrogens with one attached hydrogen (secondary N) is 1. The highest BCUT2D eigenvalue weighted by Crippen LogP contribution is 2.23. The number of carbonyl (C=O) groups excluding carboxylic acids is 2. The number of carbonyl (C=O) groups is 2. The highest BCUT2D eigenvalue weighted by Gasteiger charge is 2.16. The van der Waals surface area contributed by atoms with Gasteiger partial charge >= 0.3 is 5.69 Å². The summed E-state index contributed by atoms with van der Waals surface area (Å²) in [5.74, 6) is -0.456. The van der Waals surface area contributed by atoms with E-state index in [9.17, 15) is 14.4 Å². The van der Waals surface area contributed by atoms with Gasteiger partial charge in [-0.1, -0.05) is 18.2 Å². The van der Waals surface area contributed by atoms with Crippen LogP contribution in [-0.2, 0) is 7.05 Å². The van der Waals surface area contributed by atoms with Gasteiger partial charge in [-0.05, 0) is 43.3 Å². The van der Waals surface area contributed by atoms with Gasteiger partial charge in [0.25, 0.3) is 5.91 Å². The van der Waals surface area contributed by atoms with E-state index < -0.39 is 11.8 Å². The Morgan fingerprint density at radius 1 is 1.03 bits per heavy atom. The second kappa shape index (κ2) is 8.37. The molecule has 0 aliphatic heterocycles.